The Labute approximate surface area is 73.0 Å². The zero-order valence-corrected chi connectivity index (χ0v) is 7.76. The number of anilines is 1. The van der Waals surface area contributed by atoms with E-state index in [9.17, 15) is 5.11 Å². The lowest BCUT2D eigenvalue weighted by Gasteiger charge is -2.20. The molecule has 0 fully saturated rings. The smallest absolute Gasteiger partial charge is 0.119 e. The minimum atomic E-state index is -0.0561. The molecule has 1 aromatic rings. The number of nitrogen functional groups attached to an aromatic ring is 1. The average molecular weight is 165 g/mol. The Morgan fingerprint density at radius 2 is 1.83 bits per heavy atom. The van der Waals surface area contributed by atoms with Gasteiger partial charge in [-0.25, -0.2) is 0 Å². The molecule has 2 nitrogen and oxygen atoms in total. The van der Waals surface area contributed by atoms with Crippen molar-refractivity contribution in [2.75, 3.05) is 5.73 Å². The Kier molecular flexibility index (Phi) is 2.01. The number of rotatable bonds is 0. The van der Waals surface area contributed by atoms with Crippen LogP contribution in [-0.2, 0) is 5.41 Å². The monoisotopic (exact) mass is 165 g/mol. The molecule has 0 aliphatic rings. The number of nitrogens with two attached hydrogens (primary N) is 1. The van der Waals surface area contributed by atoms with E-state index in [1.165, 1.54) is 0 Å². The van der Waals surface area contributed by atoms with E-state index in [2.05, 4.69) is 0 Å². The Balaban J connectivity index is 3.23. The highest BCUT2D eigenvalue weighted by atomic mass is 16.3. The fourth-order valence-electron chi connectivity index (χ4n) is 1.15. The van der Waals surface area contributed by atoms with Crippen molar-refractivity contribution in [3.8, 4) is 5.75 Å². The summed E-state index contributed by atoms with van der Waals surface area (Å²) in [6.07, 6.45) is 0. The second-order valence-electron chi connectivity index (χ2n) is 4.03. The van der Waals surface area contributed by atoms with E-state index in [-0.39, 0.29) is 5.41 Å². The molecule has 0 unspecified atom stereocenters. The van der Waals surface area contributed by atoms with Gasteiger partial charge in [0.2, 0.25) is 0 Å². The van der Waals surface area contributed by atoms with Gasteiger partial charge in [-0.2, -0.15) is 0 Å². The highest BCUT2D eigenvalue weighted by molar-refractivity contribution is 5.49. The number of benzene rings is 1. The highest BCUT2D eigenvalue weighted by Crippen LogP contribution is 2.31. The molecule has 66 valence electrons. The minimum Gasteiger partial charge on any atom is -0.508 e. The van der Waals surface area contributed by atoms with E-state index in [0.29, 0.717) is 11.4 Å². The molecule has 0 atom stereocenters. The summed E-state index contributed by atoms with van der Waals surface area (Å²) in [7, 11) is 0. The maximum Gasteiger partial charge on any atom is 0.119 e. The van der Waals surface area contributed by atoms with Crippen LogP contribution in [0.1, 0.15) is 26.3 Å². The summed E-state index contributed by atoms with van der Waals surface area (Å²) in [6, 6.07) is 5.15. The van der Waals surface area contributed by atoms with Gasteiger partial charge in [-0.15, -0.1) is 0 Å². The molecule has 0 heterocycles. The molecule has 0 spiro atoms. The third-order valence-electron chi connectivity index (χ3n) is 1.83. The predicted octanol–water partition coefficient (Wildman–Crippen LogP) is 2.27. The average Bonchev–Trinajstić information content (AvgIpc) is 1.92. The molecule has 12 heavy (non-hydrogen) atoms. The summed E-state index contributed by atoms with van der Waals surface area (Å²) >= 11 is 0. The molecule has 0 amide bonds. The Morgan fingerprint density at radius 3 is 2.25 bits per heavy atom. The molecule has 2 heteroatoms. The number of phenols is 1. The van der Waals surface area contributed by atoms with Crippen molar-refractivity contribution in [1.82, 2.24) is 0 Å². The van der Waals surface area contributed by atoms with Crippen molar-refractivity contribution in [3.63, 3.8) is 0 Å². The molecular weight excluding hydrogens is 150 g/mol. The molecule has 0 aliphatic heterocycles. The first-order valence-electron chi connectivity index (χ1n) is 4.00. The van der Waals surface area contributed by atoms with Crippen molar-refractivity contribution in [3.05, 3.63) is 23.8 Å². The molecule has 0 aromatic heterocycles. The summed E-state index contributed by atoms with van der Waals surface area (Å²) in [5, 5.41) is 9.52. The maximum atomic E-state index is 9.52. The number of phenolic OH excluding ortho intramolecular Hbond substituents is 1. The topological polar surface area (TPSA) is 46.2 Å². The van der Waals surface area contributed by atoms with Crippen LogP contribution < -0.4 is 5.73 Å². The van der Waals surface area contributed by atoms with Crippen molar-refractivity contribution in [1.29, 1.82) is 0 Å². The van der Waals surface area contributed by atoms with Gasteiger partial charge in [0, 0.05) is 11.3 Å². The SMILES string of the molecule is CC(C)(C)c1cc(N)ccc1O. The van der Waals surface area contributed by atoms with Crippen LogP contribution in [0.25, 0.3) is 0 Å². The zero-order chi connectivity index (χ0) is 9.35. The van der Waals surface area contributed by atoms with Crippen molar-refractivity contribution in [2.24, 2.45) is 0 Å². The Hall–Kier alpha value is -1.18. The van der Waals surface area contributed by atoms with E-state index in [4.69, 9.17) is 5.73 Å². The first kappa shape index (κ1) is 8.91. The van der Waals surface area contributed by atoms with E-state index in [1.807, 2.05) is 26.8 Å². The third-order valence-corrected chi connectivity index (χ3v) is 1.83. The molecule has 0 radical (unpaired) electrons. The van der Waals surface area contributed by atoms with Gasteiger partial charge in [-0.1, -0.05) is 20.8 Å². The molecule has 0 saturated heterocycles. The molecule has 0 aliphatic carbocycles. The summed E-state index contributed by atoms with van der Waals surface area (Å²) in [5.74, 6) is 0.316. The van der Waals surface area contributed by atoms with E-state index in [0.717, 1.165) is 5.56 Å². The fourth-order valence-corrected chi connectivity index (χ4v) is 1.15. The molecule has 0 bridgehead atoms. The number of hydrogen-bond acceptors (Lipinski definition) is 2. The van der Waals surface area contributed by atoms with Gasteiger partial charge in [0.05, 0.1) is 0 Å². The van der Waals surface area contributed by atoms with Gasteiger partial charge in [-0.3, -0.25) is 0 Å². The maximum absolute atomic E-state index is 9.52. The normalized spacial score (nSPS) is 11.6. The van der Waals surface area contributed by atoms with Crippen LogP contribution in [0.2, 0.25) is 0 Å². The second-order valence-corrected chi connectivity index (χ2v) is 4.03. The first-order chi connectivity index (χ1) is 5.41. The van der Waals surface area contributed by atoms with Gasteiger partial charge in [-0.05, 0) is 23.6 Å². The first-order valence-corrected chi connectivity index (χ1v) is 4.00. The molecule has 3 N–H and O–H groups in total. The zero-order valence-electron chi connectivity index (χ0n) is 7.76. The van der Waals surface area contributed by atoms with Gasteiger partial charge in [0.1, 0.15) is 5.75 Å². The predicted molar refractivity (Wildman–Crippen MR) is 51.2 cm³/mol. The highest BCUT2D eigenvalue weighted by Gasteiger charge is 2.17. The third kappa shape index (κ3) is 1.70. The Morgan fingerprint density at radius 1 is 1.25 bits per heavy atom. The van der Waals surface area contributed by atoms with Gasteiger partial charge >= 0.3 is 0 Å². The van der Waals surface area contributed by atoms with Crippen LogP contribution >= 0.6 is 0 Å². The van der Waals surface area contributed by atoms with Crippen LogP contribution in [-0.4, -0.2) is 5.11 Å². The summed E-state index contributed by atoms with van der Waals surface area (Å²) in [4.78, 5) is 0. The lowest BCUT2D eigenvalue weighted by atomic mass is 9.86. The quantitative estimate of drug-likeness (QED) is 0.457. The number of aromatic hydroxyl groups is 1. The lowest BCUT2D eigenvalue weighted by molar-refractivity contribution is 0.447. The van der Waals surface area contributed by atoms with E-state index >= 15 is 0 Å². The van der Waals surface area contributed by atoms with E-state index in [1.54, 1.807) is 12.1 Å². The van der Waals surface area contributed by atoms with Gasteiger partial charge < -0.3 is 10.8 Å². The van der Waals surface area contributed by atoms with Crippen LogP contribution in [0, 0.1) is 0 Å². The summed E-state index contributed by atoms with van der Waals surface area (Å²) < 4.78 is 0. The molecular formula is C10H15NO. The minimum absolute atomic E-state index is 0.0561. The fraction of sp³-hybridized carbons (Fsp3) is 0.400. The van der Waals surface area contributed by atoms with Gasteiger partial charge in [0.25, 0.3) is 0 Å². The van der Waals surface area contributed by atoms with Crippen LogP contribution in [0.5, 0.6) is 5.75 Å². The molecule has 1 aromatic carbocycles. The number of hydrogen-bond donors (Lipinski definition) is 2. The van der Waals surface area contributed by atoms with Crippen molar-refractivity contribution >= 4 is 5.69 Å². The summed E-state index contributed by atoms with van der Waals surface area (Å²) in [6.45, 7) is 6.13. The second kappa shape index (κ2) is 2.70. The van der Waals surface area contributed by atoms with Crippen LogP contribution in [0.4, 0.5) is 5.69 Å². The van der Waals surface area contributed by atoms with Crippen molar-refractivity contribution in [2.45, 2.75) is 26.2 Å². The Bertz CT molecular complexity index is 286. The van der Waals surface area contributed by atoms with Crippen LogP contribution in [0.3, 0.4) is 0 Å². The standard InChI is InChI=1S/C10H15NO/c1-10(2,3)8-6-7(11)4-5-9(8)12/h4-6,12H,11H2,1-3H3. The molecule has 1 rings (SSSR count). The van der Waals surface area contributed by atoms with Crippen LogP contribution in [0.15, 0.2) is 18.2 Å². The largest absolute Gasteiger partial charge is 0.508 e. The van der Waals surface area contributed by atoms with Gasteiger partial charge in [0.15, 0.2) is 0 Å². The van der Waals surface area contributed by atoms with E-state index < -0.39 is 0 Å². The summed E-state index contributed by atoms with van der Waals surface area (Å²) in [5.41, 5.74) is 7.14. The van der Waals surface area contributed by atoms with Crippen molar-refractivity contribution < 1.29 is 5.11 Å². The lowest BCUT2D eigenvalue weighted by Crippen LogP contribution is -2.11. The molecule has 0 saturated carbocycles.